The van der Waals surface area contributed by atoms with Gasteiger partial charge in [0.1, 0.15) is 0 Å². The Morgan fingerprint density at radius 1 is 0.500 bits per heavy atom. The van der Waals surface area contributed by atoms with E-state index in [1.54, 1.807) is 0 Å². The Bertz CT molecular complexity index is 682. The third kappa shape index (κ3) is 2.37. The molecule has 0 N–H and O–H groups in total. The first kappa shape index (κ1) is 16.1. The van der Waals surface area contributed by atoms with E-state index in [0.717, 1.165) is 46.0 Å². The van der Waals surface area contributed by atoms with Gasteiger partial charge in [-0.3, -0.25) is 0 Å². The lowest BCUT2D eigenvalue weighted by Crippen LogP contribution is -2.20. The van der Waals surface area contributed by atoms with E-state index < -0.39 is 0 Å². The molecule has 0 spiro atoms. The maximum atomic E-state index is 2.33. The molecule has 26 heavy (non-hydrogen) atoms. The van der Waals surface area contributed by atoms with Crippen LogP contribution in [0.15, 0.2) is 70.5 Å². The van der Waals surface area contributed by atoms with Crippen LogP contribution in [-0.2, 0) is 0 Å². The highest BCUT2D eigenvalue weighted by molar-refractivity contribution is 8.00. The van der Waals surface area contributed by atoms with E-state index in [9.17, 15) is 0 Å². The summed E-state index contributed by atoms with van der Waals surface area (Å²) in [6, 6.07) is 22.4. The standard InChI is InChI=1S/C24H26S2/c1-3-7-15(8-4-1)25-23-17-11-13-19-21(17)22-18(23)12-14-20(22)24(19)26-16-9-5-2-6-10-16/h1-10,17-24H,11-14H2/t17-,18-,19-,20+,21?,22?,23?,24?/m1/s1. The zero-order chi connectivity index (χ0) is 17.1. The first-order chi connectivity index (χ1) is 12.9. The number of hydrogen-bond donors (Lipinski definition) is 0. The summed E-state index contributed by atoms with van der Waals surface area (Å²) in [6.45, 7) is 0. The van der Waals surface area contributed by atoms with Gasteiger partial charge in [0.05, 0.1) is 0 Å². The van der Waals surface area contributed by atoms with Gasteiger partial charge in [-0.1, -0.05) is 36.4 Å². The normalized spacial score (nSPS) is 42.3. The van der Waals surface area contributed by atoms with Crippen molar-refractivity contribution < 1.29 is 0 Å². The van der Waals surface area contributed by atoms with Crippen molar-refractivity contribution in [3.05, 3.63) is 60.7 Å². The van der Waals surface area contributed by atoms with Gasteiger partial charge in [-0.05, 0) is 85.5 Å². The van der Waals surface area contributed by atoms with Gasteiger partial charge in [0, 0.05) is 20.3 Å². The molecule has 4 unspecified atom stereocenters. The van der Waals surface area contributed by atoms with Crippen molar-refractivity contribution in [3.8, 4) is 0 Å². The van der Waals surface area contributed by atoms with E-state index in [1.165, 1.54) is 35.5 Å². The molecule has 0 aliphatic heterocycles. The summed E-state index contributed by atoms with van der Waals surface area (Å²) in [5.41, 5.74) is 0. The molecule has 0 amide bonds. The Balaban J connectivity index is 1.27. The molecule has 0 nitrogen and oxygen atoms in total. The Kier molecular flexibility index (Phi) is 3.93. The SMILES string of the molecule is c1ccc(SC2[C@H]3CC[C@H]4C(Sc5ccccc5)[C@@H]5CC[C@@H]2C5C34)cc1. The number of thioether (sulfide) groups is 2. The average molecular weight is 379 g/mol. The molecule has 0 heterocycles. The largest absolute Gasteiger partial charge is 0.122 e. The molecular weight excluding hydrogens is 352 g/mol. The van der Waals surface area contributed by atoms with Crippen LogP contribution in [0.3, 0.4) is 0 Å². The molecule has 2 aromatic carbocycles. The second-order valence-electron chi connectivity index (χ2n) is 8.76. The quantitative estimate of drug-likeness (QED) is 0.586. The Hall–Kier alpha value is -0.860. The van der Waals surface area contributed by atoms with Gasteiger partial charge in [-0.15, -0.1) is 23.5 Å². The predicted octanol–water partition coefficient (Wildman–Crippen LogP) is 6.62. The van der Waals surface area contributed by atoms with Gasteiger partial charge >= 0.3 is 0 Å². The summed E-state index contributed by atoms with van der Waals surface area (Å²) >= 11 is 4.45. The molecule has 0 saturated heterocycles. The third-order valence-electron chi connectivity index (χ3n) is 7.81. The van der Waals surface area contributed by atoms with Crippen LogP contribution in [0.25, 0.3) is 0 Å². The summed E-state index contributed by atoms with van der Waals surface area (Å²) in [5, 5.41) is 1.79. The average Bonchev–Trinajstić information content (AvgIpc) is 3.40. The van der Waals surface area contributed by atoms with Crippen LogP contribution in [-0.4, -0.2) is 10.5 Å². The molecule has 0 radical (unpaired) electrons. The molecule has 4 saturated carbocycles. The fraction of sp³-hybridized carbons (Fsp3) is 0.500. The van der Waals surface area contributed by atoms with E-state index in [0.29, 0.717) is 0 Å². The van der Waals surface area contributed by atoms with E-state index in [2.05, 4.69) is 84.2 Å². The lowest BCUT2D eigenvalue weighted by atomic mass is 9.90. The van der Waals surface area contributed by atoms with Gasteiger partial charge in [0.2, 0.25) is 0 Å². The fourth-order valence-corrected chi connectivity index (χ4v) is 10.4. The van der Waals surface area contributed by atoms with E-state index >= 15 is 0 Å². The molecule has 6 rings (SSSR count). The summed E-state index contributed by atoms with van der Waals surface area (Å²) in [4.78, 5) is 3.00. The molecule has 2 heteroatoms. The molecule has 4 fully saturated rings. The number of rotatable bonds is 4. The van der Waals surface area contributed by atoms with Gasteiger partial charge in [0.25, 0.3) is 0 Å². The molecular formula is C24H26S2. The molecule has 134 valence electrons. The van der Waals surface area contributed by atoms with Crippen molar-refractivity contribution in [1.82, 2.24) is 0 Å². The highest BCUT2D eigenvalue weighted by atomic mass is 32.2. The first-order valence-electron chi connectivity index (χ1n) is 10.3. The van der Waals surface area contributed by atoms with Crippen molar-refractivity contribution in [2.24, 2.45) is 35.5 Å². The van der Waals surface area contributed by atoms with E-state index in [4.69, 9.17) is 0 Å². The van der Waals surface area contributed by atoms with Gasteiger partial charge in [0.15, 0.2) is 0 Å². The number of benzene rings is 2. The monoisotopic (exact) mass is 378 g/mol. The van der Waals surface area contributed by atoms with Crippen molar-refractivity contribution in [2.75, 3.05) is 0 Å². The minimum Gasteiger partial charge on any atom is -0.122 e. The van der Waals surface area contributed by atoms with Crippen LogP contribution in [0.4, 0.5) is 0 Å². The highest BCUT2D eigenvalue weighted by Crippen LogP contribution is 2.72. The summed E-state index contributed by atoms with van der Waals surface area (Å²) in [5.74, 6) is 6.03. The van der Waals surface area contributed by atoms with Crippen LogP contribution >= 0.6 is 23.5 Å². The van der Waals surface area contributed by atoms with Crippen molar-refractivity contribution >= 4 is 23.5 Å². The van der Waals surface area contributed by atoms with Crippen LogP contribution in [0.1, 0.15) is 25.7 Å². The predicted molar refractivity (Wildman–Crippen MR) is 112 cm³/mol. The highest BCUT2D eigenvalue weighted by Gasteiger charge is 2.67. The third-order valence-corrected chi connectivity index (χ3v) is 10.8. The lowest BCUT2D eigenvalue weighted by Gasteiger charge is -2.24. The molecule has 0 aromatic heterocycles. The molecule has 4 aliphatic carbocycles. The Morgan fingerprint density at radius 3 is 1.19 bits per heavy atom. The van der Waals surface area contributed by atoms with Crippen LogP contribution in [0.2, 0.25) is 0 Å². The van der Waals surface area contributed by atoms with E-state index in [-0.39, 0.29) is 0 Å². The topological polar surface area (TPSA) is 0 Å². The fourth-order valence-electron chi connectivity index (χ4n) is 7.15. The molecule has 8 atom stereocenters. The van der Waals surface area contributed by atoms with Gasteiger partial charge in [-0.2, -0.15) is 0 Å². The second kappa shape index (κ2) is 6.34. The zero-order valence-corrected chi connectivity index (χ0v) is 16.7. The second-order valence-corrected chi connectivity index (χ2v) is 11.3. The molecule has 4 aliphatic rings. The maximum Gasteiger partial charge on any atom is 0.0157 e. The zero-order valence-electron chi connectivity index (χ0n) is 15.0. The van der Waals surface area contributed by atoms with Gasteiger partial charge in [-0.25, -0.2) is 0 Å². The molecule has 0 bridgehead atoms. The van der Waals surface area contributed by atoms with E-state index in [1.807, 2.05) is 0 Å². The van der Waals surface area contributed by atoms with Crippen molar-refractivity contribution in [3.63, 3.8) is 0 Å². The smallest absolute Gasteiger partial charge is 0.0157 e. The minimum atomic E-state index is 0.894. The Labute approximate surface area is 165 Å². The first-order valence-corrected chi connectivity index (χ1v) is 12.1. The Morgan fingerprint density at radius 2 is 0.846 bits per heavy atom. The van der Waals surface area contributed by atoms with Gasteiger partial charge < -0.3 is 0 Å². The summed E-state index contributed by atoms with van der Waals surface area (Å²) in [6.07, 6.45) is 5.97. The maximum absolute atomic E-state index is 2.33. The molecule has 2 aromatic rings. The number of hydrogen-bond acceptors (Lipinski definition) is 2. The van der Waals surface area contributed by atoms with Crippen LogP contribution in [0.5, 0.6) is 0 Å². The van der Waals surface area contributed by atoms with Crippen LogP contribution < -0.4 is 0 Å². The lowest BCUT2D eigenvalue weighted by molar-refractivity contribution is 0.322. The summed E-state index contributed by atoms with van der Waals surface area (Å²) < 4.78 is 0. The summed E-state index contributed by atoms with van der Waals surface area (Å²) in [7, 11) is 0. The van der Waals surface area contributed by atoms with Crippen LogP contribution in [0, 0.1) is 35.5 Å². The van der Waals surface area contributed by atoms with Crippen molar-refractivity contribution in [2.45, 2.75) is 46.0 Å². The van der Waals surface area contributed by atoms with Crippen molar-refractivity contribution in [1.29, 1.82) is 0 Å². The minimum absolute atomic E-state index is 0.894.